The molecule has 0 saturated carbocycles. The third kappa shape index (κ3) is 5.32. The average Bonchev–Trinajstić information content (AvgIpc) is 3.20. The number of benzene rings is 7. The number of fused-ring (bicyclic) bond motifs is 2. The number of nitrogens with zero attached hydrogens (tertiary/aromatic N) is 3. The molecule has 0 aliphatic rings. The van der Waals surface area contributed by atoms with Gasteiger partial charge in [0.25, 0.3) is 0 Å². The van der Waals surface area contributed by atoms with Gasteiger partial charge in [-0.3, -0.25) is 4.98 Å². The van der Waals surface area contributed by atoms with Crippen LogP contribution >= 0.6 is 0 Å². The topological polar surface area (TPSA) is 38.7 Å². The highest BCUT2D eigenvalue weighted by molar-refractivity contribution is 6.21. The van der Waals surface area contributed by atoms with E-state index < -0.39 is 0 Å². The van der Waals surface area contributed by atoms with Crippen LogP contribution in [0.2, 0.25) is 0 Å². The highest BCUT2D eigenvalue weighted by atomic mass is 14.9. The molecule has 9 rings (SSSR count). The summed E-state index contributed by atoms with van der Waals surface area (Å²) in [6, 6.07) is 61.8. The van der Waals surface area contributed by atoms with Crippen LogP contribution in [0.4, 0.5) is 0 Å². The van der Waals surface area contributed by atoms with Crippen molar-refractivity contribution in [1.82, 2.24) is 15.0 Å². The molecule has 3 heteroatoms. The van der Waals surface area contributed by atoms with E-state index in [1.807, 2.05) is 18.3 Å². The monoisotopic (exact) mass is 637 g/mol. The third-order valence-electron chi connectivity index (χ3n) is 9.37. The van der Waals surface area contributed by atoms with Gasteiger partial charge in [-0.25, -0.2) is 9.97 Å². The maximum atomic E-state index is 5.27. The van der Waals surface area contributed by atoms with Crippen molar-refractivity contribution in [3.8, 4) is 67.3 Å². The van der Waals surface area contributed by atoms with Crippen molar-refractivity contribution in [3.05, 3.63) is 188 Å². The molecule has 0 bridgehead atoms. The maximum absolute atomic E-state index is 5.27. The van der Waals surface area contributed by atoms with Gasteiger partial charge in [-0.2, -0.15) is 0 Å². The normalized spacial score (nSPS) is 11.2. The van der Waals surface area contributed by atoms with Gasteiger partial charge in [-0.15, -0.1) is 0 Å². The summed E-state index contributed by atoms with van der Waals surface area (Å²) in [6.07, 6.45) is 3.71. The molecule has 0 spiro atoms. The van der Waals surface area contributed by atoms with Crippen LogP contribution in [0.25, 0.3) is 88.8 Å². The Labute approximate surface area is 291 Å². The van der Waals surface area contributed by atoms with E-state index in [0.717, 1.165) is 44.8 Å². The van der Waals surface area contributed by atoms with Gasteiger partial charge < -0.3 is 0 Å². The minimum atomic E-state index is 0.679. The quantitative estimate of drug-likeness (QED) is 0.170. The fourth-order valence-electron chi connectivity index (χ4n) is 7.12. The molecule has 7 aromatic carbocycles. The molecule has 0 saturated heterocycles. The second-order valence-corrected chi connectivity index (χ2v) is 12.4. The number of rotatable bonds is 6. The lowest BCUT2D eigenvalue weighted by molar-refractivity contribution is 1.18. The van der Waals surface area contributed by atoms with Gasteiger partial charge in [0.05, 0.1) is 11.4 Å². The first-order chi connectivity index (χ1) is 24.8. The zero-order valence-corrected chi connectivity index (χ0v) is 27.2. The number of pyridine rings is 1. The molecule has 3 nitrogen and oxygen atoms in total. The zero-order chi connectivity index (χ0) is 33.3. The van der Waals surface area contributed by atoms with E-state index in [4.69, 9.17) is 9.97 Å². The van der Waals surface area contributed by atoms with Crippen molar-refractivity contribution in [1.29, 1.82) is 0 Å². The number of hydrogen-bond acceptors (Lipinski definition) is 3. The maximum Gasteiger partial charge on any atom is 0.160 e. The van der Waals surface area contributed by atoms with Crippen LogP contribution < -0.4 is 0 Å². The standard InChI is InChI=1S/C47H31N3/c1-3-15-32(16-4-1)43-30-44(38-23-8-7-22-37(38)36-21-14-28-48-31-36)50-47(49-43)35-20-13-19-34(29-35)46-41-26-11-9-24-39(41)45(33-17-5-2-6-18-33)40-25-10-12-27-42(40)46/h1-31H. The lowest BCUT2D eigenvalue weighted by atomic mass is 9.85. The predicted molar refractivity (Wildman–Crippen MR) is 207 cm³/mol. The summed E-state index contributed by atoms with van der Waals surface area (Å²) in [5.74, 6) is 0.679. The summed E-state index contributed by atoms with van der Waals surface area (Å²) < 4.78 is 0. The molecule has 0 unspecified atom stereocenters. The molecular weight excluding hydrogens is 607 g/mol. The smallest absolute Gasteiger partial charge is 0.160 e. The number of hydrogen-bond donors (Lipinski definition) is 0. The van der Waals surface area contributed by atoms with Crippen molar-refractivity contribution >= 4 is 21.5 Å². The van der Waals surface area contributed by atoms with Gasteiger partial charge in [0.2, 0.25) is 0 Å². The highest BCUT2D eigenvalue weighted by Crippen LogP contribution is 2.44. The summed E-state index contributed by atoms with van der Waals surface area (Å²) >= 11 is 0. The first kappa shape index (κ1) is 29.4. The zero-order valence-electron chi connectivity index (χ0n) is 27.2. The Bertz CT molecular complexity index is 2580. The van der Waals surface area contributed by atoms with E-state index in [0.29, 0.717) is 5.82 Å². The summed E-state index contributed by atoms with van der Waals surface area (Å²) in [5.41, 5.74) is 11.7. The fraction of sp³-hybridized carbons (Fsp3) is 0. The van der Waals surface area contributed by atoms with Crippen molar-refractivity contribution in [2.45, 2.75) is 0 Å². The van der Waals surface area contributed by atoms with Crippen LogP contribution in [0, 0.1) is 0 Å². The average molecular weight is 638 g/mol. The summed E-state index contributed by atoms with van der Waals surface area (Å²) in [6.45, 7) is 0. The summed E-state index contributed by atoms with van der Waals surface area (Å²) in [4.78, 5) is 14.9. The van der Waals surface area contributed by atoms with Gasteiger partial charge in [-0.1, -0.05) is 158 Å². The predicted octanol–water partition coefficient (Wildman–Crippen LogP) is 12.2. The Morgan fingerprint density at radius 2 is 0.820 bits per heavy atom. The molecule has 2 aromatic heterocycles. The highest BCUT2D eigenvalue weighted by Gasteiger charge is 2.18. The van der Waals surface area contributed by atoms with Gasteiger partial charge in [0, 0.05) is 34.6 Å². The summed E-state index contributed by atoms with van der Waals surface area (Å²) in [5, 5.41) is 4.89. The van der Waals surface area contributed by atoms with Gasteiger partial charge in [0.15, 0.2) is 5.82 Å². The van der Waals surface area contributed by atoms with E-state index in [-0.39, 0.29) is 0 Å². The molecule has 0 radical (unpaired) electrons. The molecule has 0 aliphatic carbocycles. The van der Waals surface area contributed by atoms with E-state index in [1.165, 1.54) is 38.2 Å². The second kappa shape index (κ2) is 12.7. The lowest BCUT2D eigenvalue weighted by Crippen LogP contribution is -1.97. The van der Waals surface area contributed by atoms with E-state index >= 15 is 0 Å². The van der Waals surface area contributed by atoms with E-state index in [1.54, 1.807) is 6.20 Å². The largest absolute Gasteiger partial charge is 0.264 e. The first-order valence-corrected chi connectivity index (χ1v) is 16.9. The van der Waals surface area contributed by atoms with Gasteiger partial charge in [-0.05, 0) is 67.6 Å². The van der Waals surface area contributed by atoms with E-state index in [2.05, 4.69) is 169 Å². The van der Waals surface area contributed by atoms with Crippen molar-refractivity contribution in [2.24, 2.45) is 0 Å². The molecule has 0 aliphatic heterocycles. The van der Waals surface area contributed by atoms with Gasteiger partial charge in [0.1, 0.15) is 0 Å². The SMILES string of the molecule is c1ccc(-c2cc(-c3ccccc3-c3cccnc3)nc(-c3cccc(-c4c5ccccc5c(-c5ccccc5)c5ccccc45)c3)n2)cc1. The molecule has 0 fully saturated rings. The Morgan fingerprint density at radius 1 is 0.320 bits per heavy atom. The van der Waals surface area contributed by atoms with Crippen molar-refractivity contribution < 1.29 is 0 Å². The van der Waals surface area contributed by atoms with Crippen LogP contribution in [-0.4, -0.2) is 15.0 Å². The molecular formula is C47H31N3. The number of aromatic nitrogens is 3. The Balaban J connectivity index is 1.26. The summed E-state index contributed by atoms with van der Waals surface area (Å²) in [7, 11) is 0. The van der Waals surface area contributed by atoms with Crippen LogP contribution in [0.5, 0.6) is 0 Å². The Kier molecular flexibility index (Phi) is 7.49. The van der Waals surface area contributed by atoms with E-state index in [9.17, 15) is 0 Å². The minimum absolute atomic E-state index is 0.679. The molecule has 0 N–H and O–H groups in total. The fourth-order valence-corrected chi connectivity index (χ4v) is 7.12. The van der Waals surface area contributed by atoms with Crippen molar-refractivity contribution in [2.75, 3.05) is 0 Å². The third-order valence-corrected chi connectivity index (χ3v) is 9.37. The van der Waals surface area contributed by atoms with Crippen molar-refractivity contribution in [3.63, 3.8) is 0 Å². The van der Waals surface area contributed by atoms with Crippen LogP contribution in [0.3, 0.4) is 0 Å². The molecule has 50 heavy (non-hydrogen) atoms. The van der Waals surface area contributed by atoms with Crippen LogP contribution in [0.1, 0.15) is 0 Å². The molecule has 0 amide bonds. The molecule has 9 aromatic rings. The molecule has 2 heterocycles. The lowest BCUT2D eigenvalue weighted by Gasteiger charge is -2.18. The minimum Gasteiger partial charge on any atom is -0.264 e. The Hall–Kier alpha value is -6.71. The van der Waals surface area contributed by atoms with Gasteiger partial charge >= 0.3 is 0 Å². The molecule has 234 valence electrons. The Morgan fingerprint density at radius 3 is 1.46 bits per heavy atom. The van der Waals surface area contributed by atoms with Crippen LogP contribution in [-0.2, 0) is 0 Å². The molecule has 0 atom stereocenters. The van der Waals surface area contributed by atoms with Crippen LogP contribution in [0.15, 0.2) is 188 Å². The second-order valence-electron chi connectivity index (χ2n) is 12.4. The first-order valence-electron chi connectivity index (χ1n) is 16.9.